The molecule has 0 rings (SSSR count). The molecule has 21 heavy (non-hydrogen) atoms. The van der Waals surface area contributed by atoms with E-state index in [9.17, 15) is 14.4 Å². The van der Waals surface area contributed by atoms with Crippen LogP contribution in [0.15, 0.2) is 0 Å². The Kier molecular flexibility index (Phi) is 7.03. The van der Waals surface area contributed by atoms with Crippen molar-refractivity contribution in [3.05, 3.63) is 0 Å². The molecule has 122 valence electrons. The van der Waals surface area contributed by atoms with Crippen molar-refractivity contribution in [1.29, 1.82) is 0 Å². The summed E-state index contributed by atoms with van der Waals surface area (Å²) < 4.78 is 10.4. The Balaban J connectivity index is 4.86. The highest BCUT2D eigenvalue weighted by molar-refractivity contribution is 5.88. The van der Waals surface area contributed by atoms with E-state index in [0.717, 1.165) is 0 Å². The second kappa shape index (κ2) is 7.54. The van der Waals surface area contributed by atoms with Gasteiger partial charge in [-0.3, -0.25) is 14.4 Å². The van der Waals surface area contributed by atoms with E-state index in [0.29, 0.717) is 0 Å². The van der Waals surface area contributed by atoms with Gasteiger partial charge < -0.3 is 15.2 Å². The number of nitrogens with two attached hydrogens (primary N) is 1. The van der Waals surface area contributed by atoms with Gasteiger partial charge in [0.2, 0.25) is 0 Å². The lowest BCUT2D eigenvalue weighted by molar-refractivity contribution is -0.168. The maximum Gasteiger partial charge on any atom is 0.310 e. The predicted molar refractivity (Wildman–Crippen MR) is 78.5 cm³/mol. The van der Waals surface area contributed by atoms with Crippen molar-refractivity contribution in [1.82, 2.24) is 0 Å². The number of rotatable bonds is 6. The first-order chi connectivity index (χ1) is 9.34. The number of hydrogen-bond acceptors (Lipinski definition) is 6. The lowest BCUT2D eigenvalue weighted by Crippen LogP contribution is -2.33. The van der Waals surface area contributed by atoms with E-state index in [2.05, 4.69) is 0 Å². The van der Waals surface area contributed by atoms with E-state index in [1.807, 2.05) is 0 Å². The molecule has 2 N–H and O–H groups in total. The summed E-state index contributed by atoms with van der Waals surface area (Å²) in [5, 5.41) is 0. The quantitative estimate of drug-likeness (QED) is 0.748. The zero-order chi connectivity index (χ0) is 16.8. The molecular formula is C15H27NO5. The van der Waals surface area contributed by atoms with Crippen LogP contribution in [-0.2, 0) is 23.9 Å². The van der Waals surface area contributed by atoms with Gasteiger partial charge in [0.15, 0.2) is 0 Å². The number of Topliss-reactive ketones (excluding diaryl/α,β-unsaturated/α-hetero) is 1. The summed E-state index contributed by atoms with van der Waals surface area (Å²) in [5.74, 6) is -2.29. The summed E-state index contributed by atoms with van der Waals surface area (Å²) in [6, 6.07) is 0. The van der Waals surface area contributed by atoms with Crippen LogP contribution in [0.3, 0.4) is 0 Å². The fourth-order valence-electron chi connectivity index (χ4n) is 1.57. The molecule has 0 saturated carbocycles. The molecule has 0 heterocycles. The van der Waals surface area contributed by atoms with Crippen molar-refractivity contribution in [3.8, 4) is 0 Å². The summed E-state index contributed by atoms with van der Waals surface area (Å²) in [4.78, 5) is 35.4. The molecular weight excluding hydrogens is 274 g/mol. The number of esters is 2. The summed E-state index contributed by atoms with van der Waals surface area (Å²) >= 11 is 0. The Morgan fingerprint density at radius 3 is 1.76 bits per heavy atom. The molecule has 0 aliphatic carbocycles. The maximum atomic E-state index is 12.1. The van der Waals surface area contributed by atoms with Gasteiger partial charge in [-0.25, -0.2) is 0 Å². The van der Waals surface area contributed by atoms with Gasteiger partial charge in [-0.2, -0.15) is 0 Å². The molecule has 0 aromatic carbocycles. The van der Waals surface area contributed by atoms with Crippen molar-refractivity contribution < 1.29 is 23.9 Å². The first kappa shape index (κ1) is 19.6. The number of carbonyl (C=O) groups is 3. The van der Waals surface area contributed by atoms with Gasteiger partial charge in [0.1, 0.15) is 17.0 Å². The van der Waals surface area contributed by atoms with Crippen molar-refractivity contribution in [2.45, 2.75) is 65.6 Å². The molecule has 0 fully saturated rings. The van der Waals surface area contributed by atoms with Gasteiger partial charge in [0, 0.05) is 6.42 Å². The SMILES string of the molecule is CC(C)(C)OC(=O)C[C@H](CC(=O)CN)C(=O)OC(C)(C)C. The number of hydrogen-bond donors (Lipinski definition) is 1. The van der Waals surface area contributed by atoms with Crippen LogP contribution in [0.4, 0.5) is 0 Å². The highest BCUT2D eigenvalue weighted by Gasteiger charge is 2.30. The van der Waals surface area contributed by atoms with Crippen LogP contribution >= 0.6 is 0 Å². The van der Waals surface area contributed by atoms with E-state index in [1.165, 1.54) is 0 Å². The molecule has 1 atom stereocenters. The van der Waals surface area contributed by atoms with E-state index >= 15 is 0 Å². The summed E-state index contributed by atoms with van der Waals surface area (Å²) in [7, 11) is 0. The fraction of sp³-hybridized carbons (Fsp3) is 0.800. The zero-order valence-corrected chi connectivity index (χ0v) is 13.8. The van der Waals surface area contributed by atoms with Gasteiger partial charge in [-0.05, 0) is 41.5 Å². The molecule has 0 aromatic rings. The Morgan fingerprint density at radius 2 is 1.38 bits per heavy atom. The Labute approximate surface area is 126 Å². The topological polar surface area (TPSA) is 95.7 Å². The molecule has 0 radical (unpaired) electrons. The van der Waals surface area contributed by atoms with Crippen molar-refractivity contribution in [2.24, 2.45) is 11.7 Å². The van der Waals surface area contributed by atoms with Crippen LogP contribution in [0, 0.1) is 5.92 Å². The molecule has 0 aliphatic rings. The molecule has 0 bridgehead atoms. The first-order valence-corrected chi connectivity index (χ1v) is 7.00. The molecule has 0 aliphatic heterocycles. The Hall–Kier alpha value is -1.43. The zero-order valence-electron chi connectivity index (χ0n) is 13.8. The minimum Gasteiger partial charge on any atom is -0.460 e. The lowest BCUT2D eigenvalue weighted by Gasteiger charge is -2.25. The van der Waals surface area contributed by atoms with E-state index in [1.54, 1.807) is 41.5 Å². The van der Waals surface area contributed by atoms with Crippen molar-refractivity contribution in [2.75, 3.05) is 6.54 Å². The second-order valence-electron chi connectivity index (χ2n) is 6.97. The number of ether oxygens (including phenoxy) is 2. The van der Waals surface area contributed by atoms with Crippen LogP contribution in [0.25, 0.3) is 0 Å². The average molecular weight is 301 g/mol. The first-order valence-electron chi connectivity index (χ1n) is 7.00. The standard InChI is InChI=1S/C15H27NO5/c1-14(2,3)20-12(18)8-10(7-11(17)9-16)13(19)21-15(4,5)6/h10H,7-9,16H2,1-6H3/t10-/m0/s1. The van der Waals surface area contributed by atoms with Crippen molar-refractivity contribution in [3.63, 3.8) is 0 Å². The number of carbonyl (C=O) groups excluding carboxylic acids is 3. The van der Waals surface area contributed by atoms with Gasteiger partial charge in [-0.15, -0.1) is 0 Å². The smallest absolute Gasteiger partial charge is 0.310 e. The van der Waals surface area contributed by atoms with Crippen LogP contribution in [-0.4, -0.2) is 35.5 Å². The summed E-state index contributed by atoms with van der Waals surface area (Å²) in [6.45, 7) is 10.2. The van der Waals surface area contributed by atoms with E-state index in [-0.39, 0.29) is 25.2 Å². The third-order valence-electron chi connectivity index (χ3n) is 2.27. The highest BCUT2D eigenvalue weighted by atomic mass is 16.6. The fourth-order valence-corrected chi connectivity index (χ4v) is 1.57. The molecule has 0 aromatic heterocycles. The third-order valence-corrected chi connectivity index (χ3v) is 2.27. The molecule has 0 saturated heterocycles. The Morgan fingerprint density at radius 1 is 0.905 bits per heavy atom. The second-order valence-corrected chi connectivity index (χ2v) is 6.97. The third kappa shape index (κ3) is 10.0. The van der Waals surface area contributed by atoms with Gasteiger partial charge in [0.05, 0.1) is 18.9 Å². The van der Waals surface area contributed by atoms with E-state index in [4.69, 9.17) is 15.2 Å². The van der Waals surface area contributed by atoms with Crippen molar-refractivity contribution >= 4 is 17.7 Å². The van der Waals surface area contributed by atoms with Crippen LogP contribution in [0.1, 0.15) is 54.4 Å². The normalized spacial score (nSPS) is 13.5. The Bertz CT molecular complexity index is 390. The summed E-state index contributed by atoms with van der Waals surface area (Å²) in [6.07, 6.45) is -0.317. The van der Waals surface area contributed by atoms with Gasteiger partial charge >= 0.3 is 11.9 Å². The molecule has 6 heteroatoms. The minimum absolute atomic E-state index is 0.120. The van der Waals surface area contributed by atoms with Gasteiger partial charge in [0.25, 0.3) is 0 Å². The predicted octanol–water partition coefficient (Wildman–Crippen LogP) is 1.59. The minimum atomic E-state index is -0.866. The van der Waals surface area contributed by atoms with Gasteiger partial charge in [-0.1, -0.05) is 0 Å². The molecule has 0 unspecified atom stereocenters. The van der Waals surface area contributed by atoms with Crippen LogP contribution in [0.5, 0.6) is 0 Å². The lowest BCUT2D eigenvalue weighted by atomic mass is 9.98. The molecule has 6 nitrogen and oxygen atoms in total. The van der Waals surface area contributed by atoms with Crippen LogP contribution < -0.4 is 5.73 Å². The largest absolute Gasteiger partial charge is 0.460 e. The number of ketones is 1. The average Bonchev–Trinajstić information content (AvgIpc) is 2.22. The summed E-state index contributed by atoms with van der Waals surface area (Å²) in [5.41, 5.74) is 3.93. The highest BCUT2D eigenvalue weighted by Crippen LogP contribution is 2.19. The van der Waals surface area contributed by atoms with E-state index < -0.39 is 29.1 Å². The molecule has 0 amide bonds. The molecule has 0 spiro atoms. The maximum absolute atomic E-state index is 12.1. The monoisotopic (exact) mass is 301 g/mol. The van der Waals surface area contributed by atoms with Crippen LogP contribution in [0.2, 0.25) is 0 Å².